The van der Waals surface area contributed by atoms with Gasteiger partial charge in [-0.1, -0.05) is 31.2 Å². The zero-order chi connectivity index (χ0) is 17.1. The van der Waals surface area contributed by atoms with Crippen LogP contribution in [-0.2, 0) is 11.2 Å². The van der Waals surface area contributed by atoms with Crippen LogP contribution in [0.1, 0.15) is 17.4 Å². The second kappa shape index (κ2) is 6.89. The summed E-state index contributed by atoms with van der Waals surface area (Å²) in [6.45, 7) is 4.15. The summed E-state index contributed by atoms with van der Waals surface area (Å²) < 4.78 is 0. The van der Waals surface area contributed by atoms with Crippen molar-refractivity contribution in [2.45, 2.75) is 20.3 Å². The third-order valence-electron chi connectivity index (χ3n) is 4.18. The summed E-state index contributed by atoms with van der Waals surface area (Å²) in [6, 6.07) is 13.6. The van der Waals surface area contributed by atoms with Crippen molar-refractivity contribution in [2.24, 2.45) is 0 Å². The van der Waals surface area contributed by atoms with Crippen LogP contribution < -0.4 is 5.32 Å². The van der Waals surface area contributed by atoms with E-state index < -0.39 is 0 Å². The molecule has 0 fully saturated rings. The second-order valence-corrected chi connectivity index (χ2v) is 6.71. The molecule has 0 bridgehead atoms. The maximum Gasteiger partial charge on any atom is 0.211 e. The number of amides is 1. The first-order chi connectivity index (χ1) is 11.7. The molecule has 24 heavy (non-hydrogen) atoms. The van der Waals surface area contributed by atoms with E-state index in [-0.39, 0.29) is 5.75 Å². The van der Waals surface area contributed by atoms with Crippen molar-refractivity contribution in [2.75, 3.05) is 5.32 Å². The molecule has 0 saturated carbocycles. The van der Waals surface area contributed by atoms with E-state index in [1.165, 1.54) is 5.56 Å². The number of carbonyl (C=O) groups is 1. The third kappa shape index (κ3) is 2.93. The van der Waals surface area contributed by atoms with Gasteiger partial charge in [0.15, 0.2) is 0 Å². The molecule has 0 spiro atoms. The van der Waals surface area contributed by atoms with Crippen molar-refractivity contribution in [1.29, 1.82) is 0 Å². The van der Waals surface area contributed by atoms with E-state index >= 15 is 0 Å². The molecule has 0 saturated heterocycles. The minimum absolute atomic E-state index is 0.205. The van der Waals surface area contributed by atoms with Crippen LogP contribution >= 0.6 is 11.3 Å². The monoisotopic (exact) mass is 337 g/mol. The van der Waals surface area contributed by atoms with Gasteiger partial charge in [-0.05, 0) is 53.6 Å². The van der Waals surface area contributed by atoms with Gasteiger partial charge in [0, 0.05) is 21.7 Å². The molecule has 1 amide bonds. The zero-order valence-corrected chi connectivity index (χ0v) is 14.5. The van der Waals surface area contributed by atoms with Gasteiger partial charge in [-0.25, -0.2) is 0 Å². The molecule has 3 nitrogen and oxygen atoms in total. The fourth-order valence-corrected chi connectivity index (χ4v) is 3.60. The van der Waals surface area contributed by atoms with Crippen LogP contribution in [-0.4, -0.2) is 11.5 Å². The molecule has 0 aliphatic rings. The fourth-order valence-electron chi connectivity index (χ4n) is 2.90. The average molecular weight is 337 g/mol. The van der Waals surface area contributed by atoms with E-state index in [1.807, 2.05) is 30.5 Å². The van der Waals surface area contributed by atoms with Crippen molar-refractivity contribution < 1.29 is 9.90 Å². The van der Waals surface area contributed by atoms with Crippen molar-refractivity contribution in [3.8, 4) is 28.0 Å². The number of aryl methyl sites for hydroxylation is 2. The third-order valence-corrected chi connectivity index (χ3v) is 5.02. The van der Waals surface area contributed by atoms with Gasteiger partial charge in [0.1, 0.15) is 5.75 Å². The molecule has 122 valence electrons. The Morgan fingerprint density at radius 3 is 2.42 bits per heavy atom. The summed E-state index contributed by atoms with van der Waals surface area (Å²) in [4.78, 5) is 12.2. The Morgan fingerprint density at radius 2 is 1.83 bits per heavy atom. The maximum absolute atomic E-state index is 11.0. The van der Waals surface area contributed by atoms with Crippen LogP contribution in [0.25, 0.3) is 22.3 Å². The molecule has 1 aromatic heterocycles. The van der Waals surface area contributed by atoms with E-state index in [2.05, 4.69) is 24.4 Å². The van der Waals surface area contributed by atoms with Crippen LogP contribution in [0.3, 0.4) is 0 Å². The summed E-state index contributed by atoms with van der Waals surface area (Å²) in [7, 11) is 0. The molecule has 3 rings (SSSR count). The number of hydrogen-bond donors (Lipinski definition) is 2. The SMILES string of the molecule is CCc1ccc(-c2c(O)ccc(NC=O)c2-c2ccsc2C)cc1. The topological polar surface area (TPSA) is 49.3 Å². The molecule has 0 atom stereocenters. The number of phenols is 1. The Labute approximate surface area is 145 Å². The first-order valence-electron chi connectivity index (χ1n) is 7.85. The number of aromatic hydroxyl groups is 1. The maximum atomic E-state index is 11.0. The predicted molar refractivity (Wildman–Crippen MR) is 101 cm³/mol. The van der Waals surface area contributed by atoms with Crippen LogP contribution in [0.4, 0.5) is 5.69 Å². The Bertz CT molecular complexity index is 866. The van der Waals surface area contributed by atoms with Crippen LogP contribution in [0.15, 0.2) is 47.8 Å². The first-order valence-corrected chi connectivity index (χ1v) is 8.73. The van der Waals surface area contributed by atoms with Crippen LogP contribution in [0.2, 0.25) is 0 Å². The van der Waals surface area contributed by atoms with E-state index in [1.54, 1.807) is 23.5 Å². The van der Waals surface area contributed by atoms with Crippen LogP contribution in [0.5, 0.6) is 5.75 Å². The Hall–Kier alpha value is -2.59. The Kier molecular flexibility index (Phi) is 4.67. The Balaban J connectivity index is 2.28. The first kappa shape index (κ1) is 16.3. The summed E-state index contributed by atoms with van der Waals surface area (Å²) in [5.41, 5.74) is 5.48. The van der Waals surface area contributed by atoms with Crippen molar-refractivity contribution in [3.05, 3.63) is 58.3 Å². The highest BCUT2D eigenvalue weighted by molar-refractivity contribution is 7.10. The lowest BCUT2D eigenvalue weighted by molar-refractivity contribution is -0.105. The molecule has 2 aromatic carbocycles. The van der Waals surface area contributed by atoms with Gasteiger partial charge in [0.25, 0.3) is 0 Å². The highest BCUT2D eigenvalue weighted by Gasteiger charge is 2.18. The lowest BCUT2D eigenvalue weighted by atomic mass is 9.92. The van der Waals surface area contributed by atoms with Gasteiger partial charge < -0.3 is 10.4 Å². The minimum Gasteiger partial charge on any atom is -0.507 e. The van der Waals surface area contributed by atoms with Gasteiger partial charge in [0.2, 0.25) is 6.41 Å². The molecule has 0 radical (unpaired) electrons. The number of phenolic OH excluding ortho intramolecular Hbond substituents is 1. The highest BCUT2D eigenvalue weighted by Crippen LogP contribution is 2.45. The largest absolute Gasteiger partial charge is 0.507 e. The second-order valence-electron chi connectivity index (χ2n) is 5.59. The zero-order valence-electron chi connectivity index (χ0n) is 13.7. The van der Waals surface area contributed by atoms with Gasteiger partial charge in [-0.15, -0.1) is 11.3 Å². The number of carbonyl (C=O) groups excluding carboxylic acids is 1. The number of anilines is 1. The van der Waals surface area contributed by atoms with E-state index in [0.717, 1.165) is 33.6 Å². The molecule has 0 unspecified atom stereocenters. The molecule has 2 N–H and O–H groups in total. The molecule has 0 aliphatic carbocycles. The summed E-state index contributed by atoms with van der Waals surface area (Å²) >= 11 is 1.64. The number of thiophene rings is 1. The number of rotatable bonds is 5. The van der Waals surface area contributed by atoms with Gasteiger partial charge in [-0.2, -0.15) is 0 Å². The normalized spacial score (nSPS) is 10.6. The molecule has 0 aliphatic heterocycles. The minimum atomic E-state index is 0.205. The fraction of sp³-hybridized carbons (Fsp3) is 0.150. The van der Waals surface area contributed by atoms with Crippen LogP contribution in [0, 0.1) is 6.92 Å². The average Bonchev–Trinajstić information content (AvgIpc) is 3.02. The molecular formula is C20H19NO2S. The summed E-state index contributed by atoms with van der Waals surface area (Å²) in [6.07, 6.45) is 1.64. The smallest absolute Gasteiger partial charge is 0.211 e. The summed E-state index contributed by atoms with van der Waals surface area (Å²) in [5, 5.41) is 15.3. The van der Waals surface area contributed by atoms with Gasteiger partial charge in [-0.3, -0.25) is 4.79 Å². The van der Waals surface area contributed by atoms with Crippen molar-refractivity contribution in [1.82, 2.24) is 0 Å². The summed E-state index contributed by atoms with van der Waals surface area (Å²) in [5.74, 6) is 0.205. The molecule has 3 aromatic rings. The van der Waals surface area contributed by atoms with E-state index in [4.69, 9.17) is 0 Å². The molecule has 1 heterocycles. The lowest BCUT2D eigenvalue weighted by Crippen LogP contribution is -1.99. The Morgan fingerprint density at radius 1 is 1.08 bits per heavy atom. The number of nitrogens with one attached hydrogen (secondary N) is 1. The number of hydrogen-bond acceptors (Lipinski definition) is 3. The lowest BCUT2D eigenvalue weighted by Gasteiger charge is -2.16. The number of benzene rings is 2. The van der Waals surface area contributed by atoms with E-state index in [0.29, 0.717) is 12.1 Å². The van der Waals surface area contributed by atoms with Gasteiger partial charge in [0.05, 0.1) is 0 Å². The molecular weight excluding hydrogens is 318 g/mol. The molecule has 4 heteroatoms. The van der Waals surface area contributed by atoms with E-state index in [9.17, 15) is 9.90 Å². The van der Waals surface area contributed by atoms with Crippen molar-refractivity contribution >= 4 is 23.4 Å². The quantitative estimate of drug-likeness (QED) is 0.495. The van der Waals surface area contributed by atoms with Crippen molar-refractivity contribution in [3.63, 3.8) is 0 Å². The predicted octanol–water partition coefficient (Wildman–Crippen LogP) is 5.23. The van der Waals surface area contributed by atoms with Gasteiger partial charge >= 0.3 is 0 Å². The standard InChI is InChI=1S/C20H19NO2S/c1-3-14-4-6-15(7-5-14)19-18(23)9-8-17(21-12-22)20(19)16-10-11-24-13(16)2/h4-12,23H,3H2,1-2H3,(H,21,22). The highest BCUT2D eigenvalue weighted by atomic mass is 32.1.